The first-order chi connectivity index (χ1) is 9.33. The van der Waals surface area contributed by atoms with Gasteiger partial charge >= 0.3 is 5.97 Å². The van der Waals surface area contributed by atoms with Crippen molar-refractivity contribution in [2.24, 2.45) is 0 Å². The number of carboxylic acids is 1. The zero-order chi connectivity index (χ0) is 15.3. The van der Waals surface area contributed by atoms with Crippen LogP contribution in [0.3, 0.4) is 0 Å². The second kappa shape index (κ2) is 6.95. The van der Waals surface area contributed by atoms with Gasteiger partial charge in [0, 0.05) is 5.02 Å². The van der Waals surface area contributed by atoms with Crippen LogP contribution >= 0.6 is 11.6 Å². The summed E-state index contributed by atoms with van der Waals surface area (Å²) in [5.41, 5.74) is -0.255. The van der Waals surface area contributed by atoms with Gasteiger partial charge in [0.05, 0.1) is 12.9 Å². The highest BCUT2D eigenvalue weighted by Crippen LogP contribution is 2.32. The molecule has 0 radical (unpaired) electrons. The van der Waals surface area contributed by atoms with Crippen molar-refractivity contribution in [3.63, 3.8) is 0 Å². The van der Waals surface area contributed by atoms with Crippen LogP contribution in [0.15, 0.2) is 17.0 Å². The van der Waals surface area contributed by atoms with Crippen molar-refractivity contribution in [1.29, 1.82) is 0 Å². The van der Waals surface area contributed by atoms with E-state index in [9.17, 15) is 13.2 Å². The van der Waals surface area contributed by atoms with Gasteiger partial charge in [-0.1, -0.05) is 31.4 Å². The second-order valence-corrected chi connectivity index (χ2v) is 6.83. The molecule has 0 fully saturated rings. The highest BCUT2D eigenvalue weighted by molar-refractivity contribution is 7.91. The van der Waals surface area contributed by atoms with Gasteiger partial charge in [0.15, 0.2) is 15.6 Å². The van der Waals surface area contributed by atoms with Gasteiger partial charge in [0.1, 0.15) is 10.5 Å². The van der Waals surface area contributed by atoms with Crippen LogP contribution in [-0.4, -0.2) is 32.4 Å². The standard InChI is InChI=1S/C13H17ClO5S/c1-3-4-5-6-20(17,18)11-8-9(14)7-10(13(15)16)12(11)19-2/h7-8H,3-6H2,1-2H3,(H,15,16). The molecule has 0 spiro atoms. The summed E-state index contributed by atoms with van der Waals surface area (Å²) < 4.78 is 29.5. The lowest BCUT2D eigenvalue weighted by Crippen LogP contribution is -2.11. The molecule has 112 valence electrons. The second-order valence-electron chi connectivity index (χ2n) is 4.32. The third-order valence-electron chi connectivity index (χ3n) is 2.81. The van der Waals surface area contributed by atoms with E-state index in [-0.39, 0.29) is 27.0 Å². The molecule has 0 aromatic heterocycles. The molecule has 1 aromatic rings. The molecule has 0 unspecified atom stereocenters. The largest absolute Gasteiger partial charge is 0.494 e. The van der Waals surface area contributed by atoms with Crippen LogP contribution in [0.5, 0.6) is 5.75 Å². The first kappa shape index (κ1) is 16.8. The summed E-state index contributed by atoms with van der Waals surface area (Å²) in [6.07, 6.45) is 2.19. The van der Waals surface area contributed by atoms with Crippen molar-refractivity contribution in [1.82, 2.24) is 0 Å². The SMILES string of the molecule is CCCCCS(=O)(=O)c1cc(Cl)cc(C(=O)O)c1OC. The van der Waals surface area contributed by atoms with Crippen molar-refractivity contribution in [2.45, 2.75) is 31.1 Å². The van der Waals surface area contributed by atoms with Gasteiger partial charge in [-0.3, -0.25) is 0 Å². The Bertz CT molecular complexity index is 595. The number of hydrogen-bond acceptors (Lipinski definition) is 4. The summed E-state index contributed by atoms with van der Waals surface area (Å²) in [6, 6.07) is 2.40. The molecule has 0 heterocycles. The first-order valence-electron chi connectivity index (χ1n) is 6.17. The van der Waals surface area contributed by atoms with Gasteiger partial charge in [0.2, 0.25) is 0 Å². The van der Waals surface area contributed by atoms with Crippen LogP contribution in [0.2, 0.25) is 5.02 Å². The summed E-state index contributed by atoms with van der Waals surface area (Å²) in [6.45, 7) is 1.97. The van der Waals surface area contributed by atoms with Crippen molar-refractivity contribution in [3.8, 4) is 5.75 Å². The zero-order valence-corrected chi connectivity index (χ0v) is 12.9. The topological polar surface area (TPSA) is 80.7 Å². The van der Waals surface area contributed by atoms with Gasteiger partial charge in [-0.15, -0.1) is 0 Å². The van der Waals surface area contributed by atoms with E-state index in [2.05, 4.69) is 0 Å². The normalized spacial score (nSPS) is 11.3. The average molecular weight is 321 g/mol. The number of sulfone groups is 1. The number of rotatable bonds is 7. The number of aromatic carboxylic acids is 1. The predicted octanol–water partition coefficient (Wildman–Crippen LogP) is 3.01. The number of unbranched alkanes of at least 4 members (excludes halogenated alkanes) is 2. The van der Waals surface area contributed by atoms with E-state index >= 15 is 0 Å². The van der Waals surface area contributed by atoms with Crippen molar-refractivity contribution >= 4 is 27.4 Å². The van der Waals surface area contributed by atoms with Gasteiger partial charge in [-0.2, -0.15) is 0 Å². The van der Waals surface area contributed by atoms with Crippen LogP contribution in [0, 0.1) is 0 Å². The summed E-state index contributed by atoms with van der Waals surface area (Å²) in [4.78, 5) is 11.0. The third-order valence-corrected chi connectivity index (χ3v) is 4.82. The Balaban J connectivity index is 3.33. The highest BCUT2D eigenvalue weighted by atomic mass is 35.5. The number of carboxylic acid groups (broad SMARTS) is 1. The van der Waals surface area contributed by atoms with Crippen molar-refractivity contribution in [2.75, 3.05) is 12.9 Å². The van der Waals surface area contributed by atoms with Gasteiger partial charge in [0.25, 0.3) is 0 Å². The fourth-order valence-corrected chi connectivity index (χ4v) is 3.69. The van der Waals surface area contributed by atoms with Gasteiger partial charge < -0.3 is 9.84 Å². The Kier molecular flexibility index (Phi) is 5.83. The number of hydrogen-bond donors (Lipinski definition) is 1. The van der Waals surface area contributed by atoms with Gasteiger partial charge in [-0.05, 0) is 18.6 Å². The molecule has 0 aliphatic heterocycles. The molecule has 5 nitrogen and oxygen atoms in total. The zero-order valence-electron chi connectivity index (χ0n) is 11.3. The molecule has 0 saturated carbocycles. The molecule has 7 heteroatoms. The van der Waals surface area contributed by atoms with Crippen LogP contribution < -0.4 is 4.74 Å². The van der Waals surface area contributed by atoms with Crippen LogP contribution in [-0.2, 0) is 9.84 Å². The quantitative estimate of drug-likeness (QED) is 0.781. The van der Waals surface area contributed by atoms with E-state index < -0.39 is 15.8 Å². The molecule has 0 atom stereocenters. The van der Waals surface area contributed by atoms with E-state index in [0.29, 0.717) is 6.42 Å². The summed E-state index contributed by atoms with van der Waals surface area (Å²) in [5.74, 6) is -1.51. The molecule has 1 rings (SSSR count). The Hall–Kier alpha value is -1.27. The lowest BCUT2D eigenvalue weighted by atomic mass is 10.2. The number of ether oxygens (including phenoxy) is 1. The van der Waals surface area contributed by atoms with E-state index in [1.54, 1.807) is 0 Å². The summed E-state index contributed by atoms with van der Waals surface area (Å²) >= 11 is 5.81. The van der Waals surface area contributed by atoms with E-state index in [4.69, 9.17) is 21.4 Å². The van der Waals surface area contributed by atoms with Crippen molar-refractivity contribution < 1.29 is 23.1 Å². The smallest absolute Gasteiger partial charge is 0.339 e. The molecular formula is C13H17ClO5S. The van der Waals surface area contributed by atoms with Crippen LogP contribution in [0.25, 0.3) is 0 Å². The lowest BCUT2D eigenvalue weighted by molar-refractivity contribution is 0.0693. The lowest BCUT2D eigenvalue weighted by Gasteiger charge is -2.12. The molecule has 0 amide bonds. The first-order valence-corrected chi connectivity index (χ1v) is 8.20. The Morgan fingerprint density at radius 3 is 2.50 bits per heavy atom. The maximum atomic E-state index is 12.3. The number of carbonyl (C=O) groups is 1. The maximum absolute atomic E-state index is 12.3. The number of benzene rings is 1. The molecule has 1 N–H and O–H groups in total. The molecule has 0 aliphatic carbocycles. The van der Waals surface area contributed by atoms with Crippen LogP contribution in [0.4, 0.5) is 0 Å². The third kappa shape index (κ3) is 3.86. The molecule has 0 aliphatic rings. The van der Waals surface area contributed by atoms with E-state index in [1.165, 1.54) is 19.2 Å². The maximum Gasteiger partial charge on any atom is 0.339 e. The molecule has 20 heavy (non-hydrogen) atoms. The summed E-state index contributed by atoms with van der Waals surface area (Å²) in [7, 11) is -2.39. The average Bonchev–Trinajstić information content (AvgIpc) is 2.37. The highest BCUT2D eigenvalue weighted by Gasteiger charge is 2.25. The van der Waals surface area contributed by atoms with Crippen molar-refractivity contribution in [3.05, 3.63) is 22.7 Å². The fourth-order valence-electron chi connectivity index (χ4n) is 1.82. The van der Waals surface area contributed by atoms with Crippen LogP contribution in [0.1, 0.15) is 36.5 Å². The Labute approximate surface area is 123 Å². The predicted molar refractivity (Wildman–Crippen MR) is 76.5 cm³/mol. The minimum Gasteiger partial charge on any atom is -0.494 e. The molecule has 0 bridgehead atoms. The molecule has 1 aromatic carbocycles. The Morgan fingerprint density at radius 2 is 2.00 bits per heavy atom. The number of halogens is 1. The van der Waals surface area contributed by atoms with Gasteiger partial charge in [-0.25, -0.2) is 13.2 Å². The Morgan fingerprint density at radius 1 is 1.35 bits per heavy atom. The molecular weight excluding hydrogens is 304 g/mol. The fraction of sp³-hybridized carbons (Fsp3) is 0.462. The summed E-state index contributed by atoms with van der Waals surface area (Å²) in [5, 5.41) is 9.15. The minimum atomic E-state index is -3.63. The molecule has 0 saturated heterocycles. The van der Waals surface area contributed by atoms with E-state index in [1.807, 2.05) is 6.92 Å². The monoisotopic (exact) mass is 320 g/mol. The minimum absolute atomic E-state index is 0.0530. The van der Waals surface area contributed by atoms with E-state index in [0.717, 1.165) is 12.8 Å². The number of methoxy groups -OCH3 is 1.